The molecule has 0 fully saturated rings. The zero-order chi connectivity index (χ0) is 18.4. The third kappa shape index (κ3) is 3.60. The first kappa shape index (κ1) is 17.4. The zero-order valence-electron chi connectivity index (χ0n) is 14.6. The van der Waals surface area contributed by atoms with E-state index in [1.54, 1.807) is 12.4 Å². The maximum Gasteiger partial charge on any atom is 0.380 e. The molecule has 0 amide bonds. The first-order chi connectivity index (χ1) is 13.4. The molecule has 5 heteroatoms. The fourth-order valence-corrected chi connectivity index (χ4v) is 7.12. The summed E-state index contributed by atoms with van der Waals surface area (Å²) in [5, 5.41) is 10.6. The molecule has 0 radical (unpaired) electrons. The van der Waals surface area contributed by atoms with Crippen LogP contribution < -0.4 is 15.6 Å². The van der Waals surface area contributed by atoms with Crippen LogP contribution in [-0.4, -0.2) is 19.5 Å². The summed E-state index contributed by atoms with van der Waals surface area (Å²) in [6.45, 7) is 0. The molecule has 0 bridgehead atoms. The first-order valence-electron chi connectivity index (χ1n) is 8.67. The highest BCUT2D eigenvalue weighted by atomic mass is 32.1. The van der Waals surface area contributed by atoms with Gasteiger partial charge in [-0.25, -0.2) is 4.98 Å². The normalized spacial score (nSPS) is 11.6. The molecule has 27 heavy (non-hydrogen) atoms. The van der Waals surface area contributed by atoms with Crippen molar-refractivity contribution in [1.29, 1.82) is 0 Å². The molecule has 0 aliphatic rings. The van der Waals surface area contributed by atoms with E-state index in [0.29, 0.717) is 0 Å². The summed E-state index contributed by atoms with van der Waals surface area (Å²) in [4.78, 5) is 4.26. The number of thiazole rings is 1. The summed E-state index contributed by atoms with van der Waals surface area (Å²) in [5.74, 6) is 0. The van der Waals surface area contributed by atoms with Gasteiger partial charge >= 0.3 is 8.32 Å². The Kier molecular flexibility index (Phi) is 5.23. The van der Waals surface area contributed by atoms with Crippen LogP contribution in [0.2, 0.25) is 0 Å². The van der Waals surface area contributed by atoms with E-state index in [-0.39, 0.29) is 0 Å². The monoisotopic (exact) mass is 386 g/mol. The lowest BCUT2D eigenvalue weighted by Crippen LogP contribution is -2.68. The molecular weight excluding hydrogens is 368 g/mol. The fourth-order valence-electron chi connectivity index (χ4n) is 3.13. The number of nitrogens with zero attached hydrogens (tertiary/aromatic N) is 2. The van der Waals surface area contributed by atoms with Crippen LogP contribution in [0.5, 0.6) is 0 Å². The predicted molar refractivity (Wildman–Crippen MR) is 115 cm³/mol. The number of rotatable bonds is 6. The lowest BCUT2D eigenvalue weighted by atomic mass is 10.3. The molecule has 1 heterocycles. The lowest BCUT2D eigenvalue weighted by molar-refractivity contribution is 0.351. The van der Waals surface area contributed by atoms with E-state index in [0.717, 1.165) is 20.6 Å². The molecule has 132 valence electrons. The van der Waals surface area contributed by atoms with Gasteiger partial charge in [0, 0.05) is 11.6 Å². The molecule has 0 unspecified atom stereocenters. The van der Waals surface area contributed by atoms with Crippen molar-refractivity contribution in [3.05, 3.63) is 108 Å². The van der Waals surface area contributed by atoms with E-state index < -0.39 is 8.32 Å². The minimum Gasteiger partial charge on any atom is -0.438 e. The van der Waals surface area contributed by atoms with Crippen LogP contribution >= 0.6 is 11.3 Å². The molecular formula is C22H18N2OSSi. The average Bonchev–Trinajstić information content (AvgIpc) is 3.27. The van der Waals surface area contributed by atoms with Gasteiger partial charge < -0.3 is 4.53 Å². The second-order valence-corrected chi connectivity index (χ2v) is 10.2. The average molecular weight is 387 g/mol. The maximum absolute atomic E-state index is 6.44. The Hall–Kier alpha value is -3.02. The molecule has 0 saturated heterocycles. The van der Waals surface area contributed by atoms with E-state index in [4.69, 9.17) is 4.53 Å². The molecule has 0 atom stereocenters. The van der Waals surface area contributed by atoms with Crippen LogP contribution in [0.4, 0.5) is 0 Å². The van der Waals surface area contributed by atoms with Gasteiger partial charge in [0.25, 0.3) is 0 Å². The van der Waals surface area contributed by atoms with Gasteiger partial charge in [-0.3, -0.25) is 0 Å². The van der Waals surface area contributed by atoms with Gasteiger partial charge in [0.15, 0.2) is 0 Å². The van der Waals surface area contributed by atoms with Gasteiger partial charge in [-0.05, 0) is 15.6 Å². The lowest BCUT2D eigenvalue weighted by Gasteiger charge is -2.29. The van der Waals surface area contributed by atoms with Gasteiger partial charge in [0.2, 0.25) is 0 Å². The predicted octanol–water partition coefficient (Wildman–Crippen LogP) is 3.16. The number of aromatic nitrogens is 1. The van der Waals surface area contributed by atoms with Gasteiger partial charge in [0.05, 0.1) is 0 Å². The summed E-state index contributed by atoms with van der Waals surface area (Å²) in [5.41, 5.74) is 0. The number of hydrogen-bond donors (Lipinski definition) is 0. The third-order valence-corrected chi connectivity index (χ3v) is 8.87. The highest BCUT2D eigenvalue weighted by molar-refractivity contribution is 7.11. The molecule has 0 aliphatic carbocycles. The van der Waals surface area contributed by atoms with Gasteiger partial charge in [-0.1, -0.05) is 91.0 Å². The summed E-state index contributed by atoms with van der Waals surface area (Å²) in [6, 6.07) is 31.2. The van der Waals surface area contributed by atoms with Crippen LogP contribution in [0.15, 0.2) is 108 Å². The largest absolute Gasteiger partial charge is 0.438 e. The van der Waals surface area contributed by atoms with Crippen LogP contribution in [0, 0.1) is 0 Å². The van der Waals surface area contributed by atoms with E-state index >= 15 is 0 Å². The van der Waals surface area contributed by atoms with Gasteiger partial charge in [0.1, 0.15) is 11.2 Å². The Balaban J connectivity index is 1.89. The Morgan fingerprint density at radius 3 is 1.63 bits per heavy atom. The quantitative estimate of drug-likeness (QED) is 0.221. The van der Waals surface area contributed by atoms with Crippen molar-refractivity contribution in [3.8, 4) is 0 Å². The topological polar surface area (TPSA) is 34.5 Å². The minimum atomic E-state index is -2.78. The van der Waals surface area contributed by atoms with Crippen molar-refractivity contribution >= 4 is 41.4 Å². The van der Waals surface area contributed by atoms with Crippen LogP contribution in [0.25, 0.3) is 0 Å². The standard InChI is InChI=1S/C22H18N2OSSi/c1-4-10-19(11-5-1)27(20-12-6-2-7-13-20,21-14-8-3-9-15-21)25-24-18-22-23-16-17-26-22/h1-18H/b24-18+. The molecule has 4 aromatic rings. The second-order valence-electron chi connectivity index (χ2n) is 5.98. The van der Waals surface area contributed by atoms with E-state index in [2.05, 4.69) is 82.9 Å². The zero-order valence-corrected chi connectivity index (χ0v) is 16.4. The molecule has 3 nitrogen and oxygen atoms in total. The van der Waals surface area contributed by atoms with Crippen molar-refractivity contribution in [1.82, 2.24) is 4.98 Å². The Morgan fingerprint density at radius 2 is 1.22 bits per heavy atom. The van der Waals surface area contributed by atoms with Crippen LogP contribution in [-0.2, 0) is 4.53 Å². The van der Waals surface area contributed by atoms with Crippen molar-refractivity contribution in [2.24, 2.45) is 5.16 Å². The van der Waals surface area contributed by atoms with Crippen LogP contribution in [0.1, 0.15) is 5.01 Å². The molecule has 3 aromatic carbocycles. The number of hydrogen-bond acceptors (Lipinski definition) is 4. The molecule has 1 aromatic heterocycles. The summed E-state index contributed by atoms with van der Waals surface area (Å²) in [6.07, 6.45) is 3.46. The summed E-state index contributed by atoms with van der Waals surface area (Å²) >= 11 is 1.54. The highest BCUT2D eigenvalue weighted by Crippen LogP contribution is 2.10. The summed E-state index contributed by atoms with van der Waals surface area (Å²) in [7, 11) is -2.78. The smallest absolute Gasteiger partial charge is 0.380 e. The van der Waals surface area contributed by atoms with Crippen molar-refractivity contribution in [3.63, 3.8) is 0 Å². The second kappa shape index (κ2) is 8.12. The van der Waals surface area contributed by atoms with Crippen LogP contribution in [0.3, 0.4) is 0 Å². The Bertz CT molecular complexity index is 894. The molecule has 0 aliphatic heterocycles. The molecule has 0 saturated carbocycles. The van der Waals surface area contributed by atoms with E-state index in [9.17, 15) is 0 Å². The number of oxime groups is 1. The van der Waals surface area contributed by atoms with Gasteiger partial charge in [-0.15, -0.1) is 16.5 Å². The summed E-state index contributed by atoms with van der Waals surface area (Å²) < 4.78 is 6.44. The van der Waals surface area contributed by atoms with E-state index in [1.165, 1.54) is 11.3 Å². The van der Waals surface area contributed by atoms with Crippen molar-refractivity contribution in [2.45, 2.75) is 0 Å². The Labute approximate surface area is 163 Å². The maximum atomic E-state index is 6.44. The highest BCUT2D eigenvalue weighted by Gasteiger charge is 2.44. The Morgan fingerprint density at radius 1 is 0.741 bits per heavy atom. The molecule has 0 spiro atoms. The molecule has 4 rings (SSSR count). The number of benzene rings is 3. The van der Waals surface area contributed by atoms with Crippen molar-refractivity contribution < 1.29 is 4.53 Å². The molecule has 0 N–H and O–H groups in total. The minimum absolute atomic E-state index is 0.826. The fraction of sp³-hybridized carbons (Fsp3) is 0. The van der Waals surface area contributed by atoms with Crippen molar-refractivity contribution in [2.75, 3.05) is 0 Å². The first-order valence-corrected chi connectivity index (χ1v) is 11.5. The SMILES string of the molecule is C(=N\O[Si](c1ccccc1)(c1ccccc1)c1ccccc1)/c1nccs1. The van der Waals surface area contributed by atoms with Gasteiger partial charge in [-0.2, -0.15) is 0 Å². The third-order valence-electron chi connectivity index (χ3n) is 4.35. The van der Waals surface area contributed by atoms with E-state index in [1.807, 2.05) is 23.6 Å².